The molecule has 0 bridgehead atoms. The topological polar surface area (TPSA) is 58.6 Å². The molecular weight excluding hydrogens is 256 g/mol. The number of carbonyl (C=O) groups is 1. The molecule has 0 saturated heterocycles. The number of ether oxygens (including phenoxy) is 1. The molecule has 0 aliphatic rings. The van der Waals surface area contributed by atoms with Crippen molar-refractivity contribution in [3.05, 3.63) is 29.8 Å². The van der Waals surface area contributed by atoms with Gasteiger partial charge in [-0.3, -0.25) is 4.79 Å². The second-order valence-corrected chi connectivity index (χ2v) is 4.75. The minimum absolute atomic E-state index is 0.0127. The van der Waals surface area contributed by atoms with Crippen LogP contribution in [0.1, 0.15) is 31.1 Å². The van der Waals surface area contributed by atoms with E-state index in [9.17, 15) is 18.7 Å². The SMILES string of the molecule is CC(O)C(C)(C)NC(=O)c1ccc(OC(F)F)cc1. The van der Waals surface area contributed by atoms with Crippen LogP contribution in [-0.2, 0) is 0 Å². The Hall–Kier alpha value is -1.69. The van der Waals surface area contributed by atoms with Crippen molar-refractivity contribution < 1.29 is 23.4 Å². The maximum absolute atomic E-state index is 12.0. The molecule has 1 amide bonds. The second-order valence-electron chi connectivity index (χ2n) is 4.75. The second kappa shape index (κ2) is 5.97. The highest BCUT2D eigenvalue weighted by Crippen LogP contribution is 2.16. The average molecular weight is 273 g/mol. The first-order valence-corrected chi connectivity index (χ1v) is 5.78. The predicted molar refractivity (Wildman–Crippen MR) is 66.3 cm³/mol. The molecule has 6 heteroatoms. The molecule has 0 heterocycles. The van der Waals surface area contributed by atoms with E-state index in [0.717, 1.165) is 0 Å². The van der Waals surface area contributed by atoms with Gasteiger partial charge >= 0.3 is 6.61 Å². The van der Waals surface area contributed by atoms with Crippen LogP contribution >= 0.6 is 0 Å². The summed E-state index contributed by atoms with van der Waals surface area (Å²) in [7, 11) is 0. The average Bonchev–Trinajstić information content (AvgIpc) is 2.28. The van der Waals surface area contributed by atoms with Gasteiger partial charge in [-0.2, -0.15) is 8.78 Å². The van der Waals surface area contributed by atoms with Crippen LogP contribution in [0, 0.1) is 0 Å². The van der Waals surface area contributed by atoms with Crippen molar-refractivity contribution >= 4 is 5.91 Å². The molecular formula is C13H17F2NO3. The summed E-state index contributed by atoms with van der Waals surface area (Å²) in [5.74, 6) is -0.407. The third kappa shape index (κ3) is 4.48. The zero-order valence-corrected chi connectivity index (χ0v) is 11.0. The number of nitrogens with one attached hydrogen (secondary N) is 1. The summed E-state index contributed by atoms with van der Waals surface area (Å²) in [6, 6.07) is 5.34. The first kappa shape index (κ1) is 15.4. The first-order valence-electron chi connectivity index (χ1n) is 5.78. The molecule has 1 aromatic carbocycles. The number of aliphatic hydroxyl groups is 1. The van der Waals surface area contributed by atoms with Crippen molar-refractivity contribution in [1.82, 2.24) is 5.32 Å². The van der Waals surface area contributed by atoms with E-state index >= 15 is 0 Å². The molecule has 1 atom stereocenters. The fourth-order valence-electron chi connectivity index (χ4n) is 1.26. The maximum atomic E-state index is 12.0. The van der Waals surface area contributed by atoms with Crippen molar-refractivity contribution in [2.24, 2.45) is 0 Å². The van der Waals surface area contributed by atoms with E-state index in [-0.39, 0.29) is 5.75 Å². The third-order valence-corrected chi connectivity index (χ3v) is 2.82. The quantitative estimate of drug-likeness (QED) is 0.864. The number of rotatable bonds is 5. The fourth-order valence-corrected chi connectivity index (χ4v) is 1.26. The highest BCUT2D eigenvalue weighted by molar-refractivity contribution is 5.94. The lowest BCUT2D eigenvalue weighted by Crippen LogP contribution is -2.50. The van der Waals surface area contributed by atoms with E-state index in [1.807, 2.05) is 0 Å². The van der Waals surface area contributed by atoms with Crippen LogP contribution in [-0.4, -0.2) is 29.3 Å². The maximum Gasteiger partial charge on any atom is 0.387 e. The normalized spacial score (nSPS) is 13.2. The Morgan fingerprint density at radius 2 is 1.84 bits per heavy atom. The Balaban J connectivity index is 2.73. The molecule has 106 valence electrons. The molecule has 1 aromatic rings. The molecule has 0 spiro atoms. The largest absolute Gasteiger partial charge is 0.435 e. The van der Waals surface area contributed by atoms with E-state index in [1.165, 1.54) is 24.3 Å². The summed E-state index contributed by atoms with van der Waals surface area (Å²) < 4.78 is 28.1. The Morgan fingerprint density at radius 1 is 1.32 bits per heavy atom. The van der Waals surface area contributed by atoms with Gasteiger partial charge in [0, 0.05) is 5.56 Å². The molecule has 1 unspecified atom stereocenters. The Labute approximate surface area is 110 Å². The van der Waals surface area contributed by atoms with Crippen LogP contribution in [0.15, 0.2) is 24.3 Å². The van der Waals surface area contributed by atoms with E-state index in [4.69, 9.17) is 0 Å². The van der Waals surface area contributed by atoms with Crippen LogP contribution in [0.2, 0.25) is 0 Å². The lowest BCUT2D eigenvalue weighted by atomic mass is 9.98. The zero-order chi connectivity index (χ0) is 14.6. The Bertz CT molecular complexity index is 430. The van der Waals surface area contributed by atoms with E-state index in [0.29, 0.717) is 5.56 Å². The number of benzene rings is 1. The zero-order valence-electron chi connectivity index (χ0n) is 11.0. The third-order valence-electron chi connectivity index (χ3n) is 2.82. The first-order chi connectivity index (χ1) is 8.72. The van der Waals surface area contributed by atoms with Crippen LogP contribution in [0.5, 0.6) is 5.75 Å². The summed E-state index contributed by atoms with van der Waals surface area (Å²) in [5, 5.41) is 12.2. The van der Waals surface area contributed by atoms with Gasteiger partial charge in [0.15, 0.2) is 0 Å². The minimum atomic E-state index is -2.89. The number of aliphatic hydroxyl groups excluding tert-OH is 1. The summed E-state index contributed by atoms with van der Waals surface area (Å²) in [5.41, 5.74) is -0.481. The molecule has 19 heavy (non-hydrogen) atoms. The number of hydrogen-bond acceptors (Lipinski definition) is 3. The fraction of sp³-hybridized carbons (Fsp3) is 0.462. The lowest BCUT2D eigenvalue weighted by Gasteiger charge is -2.29. The smallest absolute Gasteiger partial charge is 0.387 e. The van der Waals surface area contributed by atoms with Gasteiger partial charge in [-0.1, -0.05) is 0 Å². The van der Waals surface area contributed by atoms with Crippen LogP contribution in [0.4, 0.5) is 8.78 Å². The molecule has 0 aliphatic heterocycles. The number of halogens is 2. The van der Waals surface area contributed by atoms with Gasteiger partial charge in [0.2, 0.25) is 0 Å². The molecule has 0 saturated carbocycles. The monoisotopic (exact) mass is 273 g/mol. The minimum Gasteiger partial charge on any atom is -0.435 e. The molecule has 0 radical (unpaired) electrons. The van der Waals surface area contributed by atoms with Crippen LogP contribution in [0.3, 0.4) is 0 Å². The van der Waals surface area contributed by atoms with Gasteiger partial charge in [-0.15, -0.1) is 0 Å². The van der Waals surface area contributed by atoms with Crippen LogP contribution < -0.4 is 10.1 Å². The summed E-state index contributed by atoms with van der Waals surface area (Å²) in [6.07, 6.45) is -0.724. The predicted octanol–water partition coefficient (Wildman–Crippen LogP) is 2.18. The van der Waals surface area contributed by atoms with E-state index in [2.05, 4.69) is 10.1 Å². The standard InChI is InChI=1S/C13H17F2NO3/c1-8(17)13(2,3)16-11(18)9-4-6-10(7-5-9)19-12(14)15/h4-8,12,17H,1-3H3,(H,16,18). The Kier molecular flexibility index (Phi) is 4.83. The van der Waals surface area contributed by atoms with Gasteiger partial charge in [-0.05, 0) is 45.0 Å². The molecule has 2 N–H and O–H groups in total. The van der Waals surface area contributed by atoms with Crippen molar-refractivity contribution in [1.29, 1.82) is 0 Å². The van der Waals surface area contributed by atoms with Gasteiger partial charge in [0.05, 0.1) is 11.6 Å². The van der Waals surface area contributed by atoms with Gasteiger partial charge in [0.1, 0.15) is 5.75 Å². The lowest BCUT2D eigenvalue weighted by molar-refractivity contribution is -0.0498. The van der Waals surface area contributed by atoms with Gasteiger partial charge in [-0.25, -0.2) is 0 Å². The van der Waals surface area contributed by atoms with Crippen LogP contribution in [0.25, 0.3) is 0 Å². The van der Waals surface area contributed by atoms with E-state index < -0.39 is 24.2 Å². The molecule has 0 aliphatic carbocycles. The Morgan fingerprint density at radius 3 is 2.26 bits per heavy atom. The van der Waals surface area contributed by atoms with Gasteiger partial charge < -0.3 is 15.2 Å². The highest BCUT2D eigenvalue weighted by Gasteiger charge is 2.26. The number of hydrogen-bond donors (Lipinski definition) is 2. The number of alkyl halides is 2. The van der Waals surface area contributed by atoms with Gasteiger partial charge in [0.25, 0.3) is 5.91 Å². The van der Waals surface area contributed by atoms with Crippen molar-refractivity contribution in [2.75, 3.05) is 0 Å². The summed E-state index contributed by atoms with van der Waals surface area (Å²) in [4.78, 5) is 11.9. The summed E-state index contributed by atoms with van der Waals surface area (Å²) >= 11 is 0. The number of amides is 1. The van der Waals surface area contributed by atoms with Crippen molar-refractivity contribution in [2.45, 2.75) is 39.0 Å². The highest BCUT2D eigenvalue weighted by atomic mass is 19.3. The van der Waals surface area contributed by atoms with Crippen molar-refractivity contribution in [3.63, 3.8) is 0 Å². The number of carbonyl (C=O) groups excluding carboxylic acids is 1. The van der Waals surface area contributed by atoms with Crippen molar-refractivity contribution in [3.8, 4) is 5.75 Å². The summed E-state index contributed by atoms with van der Waals surface area (Å²) in [6.45, 7) is 2.04. The molecule has 4 nitrogen and oxygen atoms in total. The molecule has 1 rings (SSSR count). The molecule has 0 aromatic heterocycles. The molecule has 0 fully saturated rings. The van der Waals surface area contributed by atoms with E-state index in [1.54, 1.807) is 20.8 Å².